The van der Waals surface area contributed by atoms with Crippen molar-refractivity contribution in [2.75, 3.05) is 24.7 Å². The van der Waals surface area contributed by atoms with Gasteiger partial charge >= 0.3 is 0 Å². The SMILES string of the molecule is Cc1cc(CNC(=O)c2cncnc2N)ccc1N(C)C. The van der Waals surface area contributed by atoms with Gasteiger partial charge < -0.3 is 16.0 Å². The fraction of sp³-hybridized carbons (Fsp3) is 0.267. The highest BCUT2D eigenvalue weighted by Gasteiger charge is 2.10. The molecule has 0 aliphatic rings. The van der Waals surface area contributed by atoms with Gasteiger partial charge in [-0.2, -0.15) is 0 Å². The number of carbonyl (C=O) groups excluding carboxylic acids is 1. The number of nitrogens with one attached hydrogen (secondary N) is 1. The highest BCUT2D eigenvalue weighted by Crippen LogP contribution is 2.19. The molecule has 0 aliphatic carbocycles. The van der Waals surface area contributed by atoms with Gasteiger partial charge in [-0.25, -0.2) is 9.97 Å². The Morgan fingerprint density at radius 1 is 1.38 bits per heavy atom. The van der Waals surface area contributed by atoms with E-state index in [9.17, 15) is 4.79 Å². The number of nitrogens with zero attached hydrogens (tertiary/aromatic N) is 3. The van der Waals surface area contributed by atoms with E-state index in [-0.39, 0.29) is 11.7 Å². The van der Waals surface area contributed by atoms with Crippen molar-refractivity contribution in [3.05, 3.63) is 47.4 Å². The maximum atomic E-state index is 12.0. The quantitative estimate of drug-likeness (QED) is 0.886. The smallest absolute Gasteiger partial charge is 0.256 e. The number of nitrogens with two attached hydrogens (primary N) is 1. The van der Waals surface area contributed by atoms with Crippen LogP contribution in [-0.4, -0.2) is 30.0 Å². The first-order chi connectivity index (χ1) is 9.99. The number of hydrogen-bond acceptors (Lipinski definition) is 5. The van der Waals surface area contributed by atoms with Crippen molar-refractivity contribution in [3.8, 4) is 0 Å². The zero-order valence-corrected chi connectivity index (χ0v) is 12.4. The second-order valence-corrected chi connectivity index (χ2v) is 5.02. The van der Waals surface area contributed by atoms with Crippen LogP contribution in [-0.2, 0) is 6.54 Å². The van der Waals surface area contributed by atoms with Gasteiger partial charge in [0.15, 0.2) is 0 Å². The molecule has 0 fully saturated rings. The van der Waals surface area contributed by atoms with Crippen molar-refractivity contribution in [2.24, 2.45) is 0 Å². The van der Waals surface area contributed by atoms with Gasteiger partial charge in [0, 0.05) is 32.5 Å². The highest BCUT2D eigenvalue weighted by molar-refractivity contribution is 5.97. The molecule has 2 rings (SSSR count). The third-order valence-corrected chi connectivity index (χ3v) is 3.18. The van der Waals surface area contributed by atoms with E-state index in [4.69, 9.17) is 5.73 Å². The molecule has 0 saturated heterocycles. The molecule has 1 heterocycles. The molecule has 3 N–H and O–H groups in total. The number of aryl methyl sites for hydroxylation is 1. The van der Waals surface area contributed by atoms with E-state index in [1.807, 2.05) is 33.2 Å². The summed E-state index contributed by atoms with van der Waals surface area (Å²) in [6.07, 6.45) is 2.73. The predicted molar refractivity (Wildman–Crippen MR) is 83.1 cm³/mol. The van der Waals surface area contributed by atoms with Crippen molar-refractivity contribution in [2.45, 2.75) is 13.5 Å². The molecule has 110 valence electrons. The van der Waals surface area contributed by atoms with E-state index in [1.54, 1.807) is 0 Å². The summed E-state index contributed by atoms with van der Waals surface area (Å²) in [5.74, 6) is -0.0934. The van der Waals surface area contributed by atoms with Crippen molar-refractivity contribution in [3.63, 3.8) is 0 Å². The van der Waals surface area contributed by atoms with Gasteiger partial charge in [0.1, 0.15) is 12.1 Å². The zero-order chi connectivity index (χ0) is 15.4. The van der Waals surface area contributed by atoms with E-state index in [0.717, 1.165) is 16.8 Å². The van der Waals surface area contributed by atoms with Crippen LogP contribution in [0.25, 0.3) is 0 Å². The second kappa shape index (κ2) is 6.21. The summed E-state index contributed by atoms with van der Waals surface area (Å²) in [6.45, 7) is 2.48. The summed E-state index contributed by atoms with van der Waals surface area (Å²) < 4.78 is 0. The maximum absolute atomic E-state index is 12.0. The van der Waals surface area contributed by atoms with Crippen molar-refractivity contribution in [1.29, 1.82) is 0 Å². The van der Waals surface area contributed by atoms with Crippen LogP contribution >= 0.6 is 0 Å². The average Bonchev–Trinajstić information content (AvgIpc) is 2.45. The van der Waals surface area contributed by atoms with Crippen LogP contribution in [0.3, 0.4) is 0 Å². The lowest BCUT2D eigenvalue weighted by molar-refractivity contribution is 0.0951. The van der Waals surface area contributed by atoms with Crippen LogP contribution in [0.2, 0.25) is 0 Å². The van der Waals surface area contributed by atoms with Crippen LogP contribution in [0.4, 0.5) is 11.5 Å². The molecule has 0 radical (unpaired) electrons. The van der Waals surface area contributed by atoms with E-state index in [2.05, 4.69) is 26.3 Å². The van der Waals surface area contributed by atoms with E-state index in [0.29, 0.717) is 12.1 Å². The van der Waals surface area contributed by atoms with Crippen LogP contribution in [0.15, 0.2) is 30.7 Å². The molecule has 2 aromatic rings. The third kappa shape index (κ3) is 3.47. The number of anilines is 2. The van der Waals surface area contributed by atoms with Gasteiger partial charge in [-0.15, -0.1) is 0 Å². The molecule has 1 amide bonds. The molecule has 0 unspecified atom stereocenters. The standard InChI is InChI=1S/C15H19N5O/c1-10-6-11(4-5-13(10)20(2)3)7-18-15(21)12-8-17-9-19-14(12)16/h4-6,8-9H,7H2,1-3H3,(H,18,21)(H2,16,17,19). The van der Waals surface area contributed by atoms with Crippen LogP contribution in [0.5, 0.6) is 0 Å². The predicted octanol–water partition coefficient (Wildman–Crippen LogP) is 1.36. The molecule has 6 nitrogen and oxygen atoms in total. The summed E-state index contributed by atoms with van der Waals surface area (Å²) in [6, 6.07) is 6.09. The lowest BCUT2D eigenvalue weighted by Gasteiger charge is -2.16. The Balaban J connectivity index is 2.05. The van der Waals surface area contributed by atoms with Gasteiger partial charge in [-0.3, -0.25) is 4.79 Å². The lowest BCUT2D eigenvalue weighted by Crippen LogP contribution is -2.24. The number of hydrogen-bond donors (Lipinski definition) is 2. The molecular formula is C15H19N5O. The number of carbonyl (C=O) groups is 1. The fourth-order valence-corrected chi connectivity index (χ4v) is 2.12. The molecule has 0 spiro atoms. The Bertz CT molecular complexity index is 654. The first kappa shape index (κ1) is 14.8. The minimum atomic E-state index is -0.276. The Hall–Kier alpha value is -2.63. The van der Waals surface area contributed by atoms with Crippen LogP contribution in [0.1, 0.15) is 21.5 Å². The summed E-state index contributed by atoms with van der Waals surface area (Å²) in [4.78, 5) is 21.7. The van der Waals surface area contributed by atoms with Crippen molar-refractivity contribution in [1.82, 2.24) is 15.3 Å². The minimum absolute atomic E-state index is 0.182. The second-order valence-electron chi connectivity index (χ2n) is 5.02. The van der Waals surface area contributed by atoms with Gasteiger partial charge in [-0.05, 0) is 24.1 Å². The molecule has 0 atom stereocenters. The van der Waals surface area contributed by atoms with Crippen LogP contribution in [0, 0.1) is 6.92 Å². The molecule has 0 saturated carbocycles. The monoisotopic (exact) mass is 285 g/mol. The normalized spacial score (nSPS) is 10.2. The number of nitrogen functional groups attached to an aromatic ring is 1. The molecule has 21 heavy (non-hydrogen) atoms. The van der Waals surface area contributed by atoms with Gasteiger partial charge in [-0.1, -0.05) is 12.1 Å². The minimum Gasteiger partial charge on any atom is -0.383 e. The van der Waals surface area contributed by atoms with E-state index in [1.165, 1.54) is 12.5 Å². The summed E-state index contributed by atoms with van der Waals surface area (Å²) >= 11 is 0. The van der Waals surface area contributed by atoms with Crippen LogP contribution < -0.4 is 16.0 Å². The fourth-order valence-electron chi connectivity index (χ4n) is 2.12. The number of rotatable bonds is 4. The number of amides is 1. The van der Waals surface area contributed by atoms with E-state index >= 15 is 0 Å². The Kier molecular flexibility index (Phi) is 4.37. The van der Waals surface area contributed by atoms with E-state index < -0.39 is 0 Å². The summed E-state index contributed by atoms with van der Waals surface area (Å²) in [7, 11) is 4.00. The summed E-state index contributed by atoms with van der Waals surface area (Å²) in [5.41, 5.74) is 9.29. The molecule has 0 bridgehead atoms. The highest BCUT2D eigenvalue weighted by atomic mass is 16.1. The Labute approximate surface area is 124 Å². The molecule has 1 aromatic carbocycles. The maximum Gasteiger partial charge on any atom is 0.256 e. The first-order valence-electron chi connectivity index (χ1n) is 6.59. The average molecular weight is 285 g/mol. The number of aromatic nitrogens is 2. The lowest BCUT2D eigenvalue weighted by atomic mass is 10.1. The molecule has 6 heteroatoms. The summed E-state index contributed by atoms with van der Waals surface area (Å²) in [5, 5.41) is 2.82. The van der Waals surface area contributed by atoms with Gasteiger partial charge in [0.25, 0.3) is 5.91 Å². The Morgan fingerprint density at radius 3 is 2.76 bits per heavy atom. The topological polar surface area (TPSA) is 84.1 Å². The number of benzene rings is 1. The largest absolute Gasteiger partial charge is 0.383 e. The zero-order valence-electron chi connectivity index (χ0n) is 12.4. The van der Waals surface area contributed by atoms with Crippen molar-refractivity contribution >= 4 is 17.4 Å². The molecule has 0 aliphatic heterocycles. The first-order valence-corrected chi connectivity index (χ1v) is 6.59. The van der Waals surface area contributed by atoms with Crippen molar-refractivity contribution < 1.29 is 4.79 Å². The molecule has 1 aromatic heterocycles. The third-order valence-electron chi connectivity index (χ3n) is 3.18. The van der Waals surface area contributed by atoms with Gasteiger partial charge in [0.05, 0.1) is 5.56 Å². The Morgan fingerprint density at radius 2 is 2.14 bits per heavy atom. The van der Waals surface area contributed by atoms with Gasteiger partial charge in [0.2, 0.25) is 0 Å². The molecular weight excluding hydrogens is 266 g/mol.